The monoisotopic (exact) mass is 305 g/mol. The number of nitrogens with one attached hydrogen (secondary N) is 2. The van der Waals surface area contributed by atoms with Gasteiger partial charge in [0.1, 0.15) is 0 Å². The van der Waals surface area contributed by atoms with Gasteiger partial charge in [-0.05, 0) is 46.3 Å². The lowest BCUT2D eigenvalue weighted by Crippen LogP contribution is -2.08. The van der Waals surface area contributed by atoms with Crippen molar-refractivity contribution in [3.8, 4) is 0 Å². The first-order valence-corrected chi connectivity index (χ1v) is 7.18. The van der Waals surface area contributed by atoms with Crippen LogP contribution in [0.3, 0.4) is 0 Å². The number of hydrogen-bond donors (Lipinski definition) is 2. The molecule has 0 saturated heterocycles. The molecule has 0 aliphatic heterocycles. The lowest BCUT2D eigenvalue weighted by molar-refractivity contribution is -0.113. The molecule has 1 rings (SSSR count). The summed E-state index contributed by atoms with van der Waals surface area (Å²) in [6.07, 6.45) is 3.88. The van der Waals surface area contributed by atoms with Crippen molar-refractivity contribution in [2.75, 3.05) is 10.6 Å². The van der Waals surface area contributed by atoms with Gasteiger partial charge in [0.2, 0.25) is 11.9 Å². The Morgan fingerprint density at radius 2 is 1.59 bits per heavy atom. The SMILES string of the molecule is CCCn1nc(N/C(C)=C\C(C)=O)nc1N/C(C)=C\C(C)=O. The number of ketones is 2. The molecule has 0 aliphatic rings. The highest BCUT2D eigenvalue weighted by Crippen LogP contribution is 2.13. The van der Waals surface area contributed by atoms with Gasteiger partial charge in [0.25, 0.3) is 0 Å². The Hall–Kier alpha value is -2.44. The van der Waals surface area contributed by atoms with Crippen LogP contribution >= 0.6 is 0 Å². The number of carbonyl (C=O) groups excluding carboxylic acids is 2. The van der Waals surface area contributed by atoms with Gasteiger partial charge in [-0.25, -0.2) is 4.68 Å². The van der Waals surface area contributed by atoms with Crippen molar-refractivity contribution < 1.29 is 9.59 Å². The minimum Gasteiger partial charge on any atom is -0.328 e. The molecule has 1 heterocycles. The molecule has 0 unspecified atom stereocenters. The number of hydrogen-bond acceptors (Lipinski definition) is 6. The molecule has 120 valence electrons. The van der Waals surface area contributed by atoms with Crippen LogP contribution in [0.4, 0.5) is 11.9 Å². The van der Waals surface area contributed by atoms with Crippen LogP contribution in [-0.2, 0) is 16.1 Å². The Morgan fingerprint density at radius 3 is 2.09 bits per heavy atom. The number of nitrogens with zero attached hydrogens (tertiary/aromatic N) is 3. The van der Waals surface area contributed by atoms with Gasteiger partial charge in [0.05, 0.1) is 0 Å². The molecule has 0 saturated carbocycles. The maximum Gasteiger partial charge on any atom is 0.248 e. The van der Waals surface area contributed by atoms with E-state index in [1.165, 1.54) is 26.0 Å². The van der Waals surface area contributed by atoms with Gasteiger partial charge in [-0.2, -0.15) is 4.98 Å². The molecule has 0 spiro atoms. The molecule has 0 fully saturated rings. The quantitative estimate of drug-likeness (QED) is 0.717. The first kappa shape index (κ1) is 17.6. The van der Waals surface area contributed by atoms with E-state index in [4.69, 9.17) is 0 Å². The Balaban J connectivity index is 2.97. The topological polar surface area (TPSA) is 88.9 Å². The van der Waals surface area contributed by atoms with E-state index in [0.29, 0.717) is 29.8 Å². The first-order valence-electron chi connectivity index (χ1n) is 7.18. The molecule has 7 heteroatoms. The molecule has 0 aliphatic carbocycles. The number of carbonyl (C=O) groups is 2. The standard InChI is InChI=1S/C15H23N5O2/c1-6-7-20-15(17-11(3)9-13(5)22)18-14(19-20)16-10(2)8-12(4)21/h8-9H,6-7H2,1-5H3,(H2,16,17,18,19)/b10-8-,11-9-. The van der Waals surface area contributed by atoms with Gasteiger partial charge < -0.3 is 10.6 Å². The zero-order valence-corrected chi connectivity index (χ0v) is 13.7. The summed E-state index contributed by atoms with van der Waals surface area (Å²) >= 11 is 0. The molecule has 22 heavy (non-hydrogen) atoms. The van der Waals surface area contributed by atoms with Gasteiger partial charge in [-0.3, -0.25) is 9.59 Å². The lowest BCUT2D eigenvalue weighted by Gasteiger charge is -2.06. The van der Waals surface area contributed by atoms with Crippen molar-refractivity contribution in [2.45, 2.75) is 47.6 Å². The molecule has 0 bridgehead atoms. The van der Waals surface area contributed by atoms with Crippen LogP contribution in [0.2, 0.25) is 0 Å². The second-order valence-corrected chi connectivity index (χ2v) is 5.11. The summed E-state index contributed by atoms with van der Waals surface area (Å²) in [7, 11) is 0. The van der Waals surface area contributed by atoms with Crippen LogP contribution in [0.5, 0.6) is 0 Å². The smallest absolute Gasteiger partial charge is 0.248 e. The zero-order chi connectivity index (χ0) is 16.7. The minimum atomic E-state index is -0.0448. The van der Waals surface area contributed by atoms with E-state index in [1.54, 1.807) is 18.5 Å². The van der Waals surface area contributed by atoms with E-state index in [1.807, 2.05) is 6.92 Å². The Morgan fingerprint density at radius 1 is 1.05 bits per heavy atom. The van der Waals surface area contributed by atoms with Crippen molar-refractivity contribution >= 4 is 23.5 Å². The van der Waals surface area contributed by atoms with Crippen molar-refractivity contribution in [1.29, 1.82) is 0 Å². The summed E-state index contributed by atoms with van der Waals surface area (Å²) in [4.78, 5) is 26.5. The van der Waals surface area contributed by atoms with Crippen LogP contribution in [0.25, 0.3) is 0 Å². The third-order valence-corrected chi connectivity index (χ3v) is 2.56. The second kappa shape index (κ2) is 8.11. The highest BCUT2D eigenvalue weighted by atomic mass is 16.1. The molecular formula is C15H23N5O2. The lowest BCUT2D eigenvalue weighted by atomic mass is 10.3. The van der Waals surface area contributed by atoms with Crippen molar-refractivity contribution in [2.24, 2.45) is 0 Å². The van der Waals surface area contributed by atoms with Crippen LogP contribution < -0.4 is 10.6 Å². The number of anilines is 2. The maximum atomic E-state index is 11.1. The highest BCUT2D eigenvalue weighted by Gasteiger charge is 2.10. The van der Waals surface area contributed by atoms with Crippen molar-refractivity contribution in [1.82, 2.24) is 14.8 Å². The Labute approximate surface area is 130 Å². The summed E-state index contributed by atoms with van der Waals surface area (Å²) < 4.78 is 1.72. The third kappa shape index (κ3) is 5.90. The molecule has 0 amide bonds. The zero-order valence-electron chi connectivity index (χ0n) is 13.7. The number of aromatic nitrogens is 3. The molecule has 1 aromatic rings. The molecule has 0 radical (unpaired) electrons. The summed E-state index contributed by atoms with van der Waals surface area (Å²) in [6, 6.07) is 0. The molecule has 0 aromatic carbocycles. The van der Waals surface area contributed by atoms with Gasteiger partial charge in [0.15, 0.2) is 11.6 Å². The van der Waals surface area contributed by atoms with Crippen LogP contribution in [-0.4, -0.2) is 26.3 Å². The average Bonchev–Trinajstić information content (AvgIpc) is 2.69. The van der Waals surface area contributed by atoms with Crippen molar-refractivity contribution in [3.05, 3.63) is 23.5 Å². The van der Waals surface area contributed by atoms with Gasteiger partial charge in [-0.1, -0.05) is 6.92 Å². The highest BCUT2D eigenvalue weighted by molar-refractivity contribution is 5.88. The average molecular weight is 305 g/mol. The van der Waals surface area contributed by atoms with E-state index in [2.05, 4.69) is 20.7 Å². The molecule has 0 atom stereocenters. The molecule has 1 aromatic heterocycles. The first-order chi connectivity index (χ1) is 10.3. The van der Waals surface area contributed by atoms with E-state index < -0.39 is 0 Å². The van der Waals surface area contributed by atoms with Crippen LogP contribution in [0.1, 0.15) is 41.0 Å². The maximum absolute atomic E-state index is 11.1. The predicted octanol–water partition coefficient (Wildman–Crippen LogP) is 2.50. The van der Waals surface area contributed by atoms with Gasteiger partial charge in [-0.15, -0.1) is 5.10 Å². The summed E-state index contributed by atoms with van der Waals surface area (Å²) in [6.45, 7) is 9.27. The van der Waals surface area contributed by atoms with Crippen molar-refractivity contribution in [3.63, 3.8) is 0 Å². The van der Waals surface area contributed by atoms with E-state index in [-0.39, 0.29) is 11.6 Å². The van der Waals surface area contributed by atoms with E-state index in [9.17, 15) is 9.59 Å². The minimum absolute atomic E-state index is 0.0369. The van der Waals surface area contributed by atoms with Crippen LogP contribution in [0, 0.1) is 0 Å². The molecule has 2 N–H and O–H groups in total. The fraction of sp³-hybridized carbons (Fsp3) is 0.467. The fourth-order valence-corrected chi connectivity index (χ4v) is 1.89. The van der Waals surface area contributed by atoms with E-state index >= 15 is 0 Å². The fourth-order valence-electron chi connectivity index (χ4n) is 1.89. The third-order valence-electron chi connectivity index (χ3n) is 2.56. The predicted molar refractivity (Wildman–Crippen MR) is 86.4 cm³/mol. The van der Waals surface area contributed by atoms with Crippen LogP contribution in [0.15, 0.2) is 23.5 Å². The normalized spacial score (nSPS) is 12.2. The number of allylic oxidation sites excluding steroid dienone is 4. The van der Waals surface area contributed by atoms with Gasteiger partial charge >= 0.3 is 0 Å². The number of rotatable bonds is 8. The summed E-state index contributed by atoms with van der Waals surface area (Å²) in [5.74, 6) is 0.873. The van der Waals surface area contributed by atoms with Gasteiger partial charge in [0, 0.05) is 17.9 Å². The second-order valence-electron chi connectivity index (χ2n) is 5.11. The Bertz CT molecular complexity index is 613. The summed E-state index contributed by atoms with van der Waals surface area (Å²) in [5, 5.41) is 10.4. The summed E-state index contributed by atoms with van der Waals surface area (Å²) in [5.41, 5.74) is 1.36. The largest absolute Gasteiger partial charge is 0.328 e. The Kier molecular flexibility index (Phi) is 6.49. The van der Waals surface area contributed by atoms with E-state index in [0.717, 1.165) is 6.42 Å². The molecular weight excluding hydrogens is 282 g/mol. The molecule has 7 nitrogen and oxygen atoms in total. The number of aryl methyl sites for hydroxylation is 1.